The first-order valence-corrected chi connectivity index (χ1v) is 5.98. The number of aryl methyl sites for hydroxylation is 2. The van der Waals surface area contributed by atoms with Crippen molar-refractivity contribution < 1.29 is 4.74 Å². The van der Waals surface area contributed by atoms with Gasteiger partial charge < -0.3 is 9.30 Å². The van der Waals surface area contributed by atoms with E-state index in [1.807, 2.05) is 42.2 Å². The molecule has 1 aromatic carbocycles. The van der Waals surface area contributed by atoms with Crippen LogP contribution in [0.4, 0.5) is 0 Å². The summed E-state index contributed by atoms with van der Waals surface area (Å²) in [5.41, 5.74) is 1.04. The van der Waals surface area contributed by atoms with Gasteiger partial charge in [0.15, 0.2) is 0 Å². The van der Waals surface area contributed by atoms with E-state index < -0.39 is 0 Å². The highest BCUT2D eigenvalue weighted by molar-refractivity contribution is 6.31. The Morgan fingerprint density at radius 1 is 1.41 bits per heavy atom. The van der Waals surface area contributed by atoms with Crippen molar-refractivity contribution in [1.82, 2.24) is 9.55 Å². The SMILES string of the molecule is Cc1cc(OCCCn2ccnc2)ccc1Cl. The van der Waals surface area contributed by atoms with Gasteiger partial charge in [-0.3, -0.25) is 0 Å². The predicted molar refractivity (Wildman–Crippen MR) is 68.5 cm³/mol. The number of benzene rings is 1. The van der Waals surface area contributed by atoms with E-state index in [9.17, 15) is 0 Å². The molecule has 90 valence electrons. The van der Waals surface area contributed by atoms with Crippen molar-refractivity contribution in [3.05, 3.63) is 47.5 Å². The van der Waals surface area contributed by atoms with Gasteiger partial charge in [0.25, 0.3) is 0 Å². The lowest BCUT2D eigenvalue weighted by Crippen LogP contribution is -2.03. The van der Waals surface area contributed by atoms with Gasteiger partial charge in [0.05, 0.1) is 12.9 Å². The van der Waals surface area contributed by atoms with E-state index in [2.05, 4.69) is 4.98 Å². The number of halogens is 1. The van der Waals surface area contributed by atoms with Crippen LogP contribution in [0, 0.1) is 6.92 Å². The first-order chi connectivity index (χ1) is 8.25. The van der Waals surface area contributed by atoms with E-state index in [0.29, 0.717) is 6.61 Å². The van der Waals surface area contributed by atoms with Crippen LogP contribution in [0.3, 0.4) is 0 Å². The molecule has 4 heteroatoms. The van der Waals surface area contributed by atoms with Crippen molar-refractivity contribution >= 4 is 11.6 Å². The minimum atomic E-state index is 0.694. The largest absolute Gasteiger partial charge is 0.494 e. The van der Waals surface area contributed by atoms with Crippen LogP contribution in [-0.2, 0) is 6.54 Å². The summed E-state index contributed by atoms with van der Waals surface area (Å²) in [7, 11) is 0. The lowest BCUT2D eigenvalue weighted by molar-refractivity contribution is 0.301. The number of ether oxygens (including phenoxy) is 1. The van der Waals surface area contributed by atoms with Crippen molar-refractivity contribution in [1.29, 1.82) is 0 Å². The molecule has 2 aromatic rings. The Morgan fingerprint density at radius 3 is 3.00 bits per heavy atom. The molecule has 0 unspecified atom stereocenters. The van der Waals surface area contributed by atoms with Crippen molar-refractivity contribution in [2.45, 2.75) is 19.9 Å². The number of imidazole rings is 1. The average Bonchev–Trinajstić information content (AvgIpc) is 2.82. The van der Waals surface area contributed by atoms with Crippen LogP contribution in [0.5, 0.6) is 5.75 Å². The van der Waals surface area contributed by atoms with Gasteiger partial charge in [-0.15, -0.1) is 0 Å². The highest BCUT2D eigenvalue weighted by Crippen LogP contribution is 2.21. The lowest BCUT2D eigenvalue weighted by atomic mass is 10.2. The molecule has 0 aliphatic heterocycles. The molecule has 0 aliphatic carbocycles. The molecule has 0 saturated heterocycles. The van der Waals surface area contributed by atoms with Crippen LogP contribution in [0.2, 0.25) is 5.02 Å². The minimum absolute atomic E-state index is 0.694. The van der Waals surface area contributed by atoms with Gasteiger partial charge in [-0.05, 0) is 37.1 Å². The summed E-state index contributed by atoms with van der Waals surface area (Å²) in [6.07, 6.45) is 6.50. The highest BCUT2D eigenvalue weighted by Gasteiger charge is 1.98. The maximum Gasteiger partial charge on any atom is 0.119 e. The Kier molecular flexibility index (Phi) is 4.04. The van der Waals surface area contributed by atoms with Gasteiger partial charge in [0.2, 0.25) is 0 Å². The van der Waals surface area contributed by atoms with Crippen LogP contribution in [-0.4, -0.2) is 16.2 Å². The van der Waals surface area contributed by atoms with E-state index >= 15 is 0 Å². The maximum atomic E-state index is 5.94. The van der Waals surface area contributed by atoms with Crippen molar-refractivity contribution in [2.75, 3.05) is 6.61 Å². The minimum Gasteiger partial charge on any atom is -0.494 e. The van der Waals surface area contributed by atoms with Gasteiger partial charge in [0.1, 0.15) is 5.75 Å². The Bertz CT molecular complexity index is 468. The van der Waals surface area contributed by atoms with Gasteiger partial charge >= 0.3 is 0 Å². The topological polar surface area (TPSA) is 27.1 Å². The fourth-order valence-electron chi connectivity index (χ4n) is 1.56. The molecule has 17 heavy (non-hydrogen) atoms. The second kappa shape index (κ2) is 5.73. The standard InChI is InChI=1S/C13H15ClN2O/c1-11-9-12(3-4-13(11)14)17-8-2-6-16-7-5-15-10-16/h3-5,7,9-10H,2,6,8H2,1H3. The quantitative estimate of drug-likeness (QED) is 0.762. The molecule has 1 heterocycles. The molecule has 0 aliphatic rings. The molecular weight excluding hydrogens is 236 g/mol. The Labute approximate surface area is 106 Å². The van der Waals surface area contributed by atoms with E-state index in [4.69, 9.17) is 16.3 Å². The molecule has 0 bridgehead atoms. The zero-order chi connectivity index (χ0) is 12.1. The summed E-state index contributed by atoms with van der Waals surface area (Å²) in [6.45, 7) is 3.59. The molecule has 0 fully saturated rings. The molecule has 0 amide bonds. The van der Waals surface area contributed by atoms with Crippen molar-refractivity contribution in [3.8, 4) is 5.75 Å². The van der Waals surface area contributed by atoms with Crippen LogP contribution in [0.1, 0.15) is 12.0 Å². The summed E-state index contributed by atoms with van der Waals surface area (Å²) in [6, 6.07) is 5.72. The highest BCUT2D eigenvalue weighted by atomic mass is 35.5. The van der Waals surface area contributed by atoms with Crippen LogP contribution in [0.15, 0.2) is 36.9 Å². The number of hydrogen-bond acceptors (Lipinski definition) is 2. The molecule has 0 atom stereocenters. The monoisotopic (exact) mass is 250 g/mol. The first kappa shape index (κ1) is 12.0. The summed E-state index contributed by atoms with van der Waals surface area (Å²) in [4.78, 5) is 3.99. The predicted octanol–water partition coefficient (Wildman–Crippen LogP) is 3.31. The Hall–Kier alpha value is -1.48. The zero-order valence-electron chi connectivity index (χ0n) is 9.77. The van der Waals surface area contributed by atoms with Crippen molar-refractivity contribution in [3.63, 3.8) is 0 Å². The van der Waals surface area contributed by atoms with Crippen molar-refractivity contribution in [2.24, 2.45) is 0 Å². The fraction of sp³-hybridized carbons (Fsp3) is 0.308. The average molecular weight is 251 g/mol. The van der Waals surface area contributed by atoms with E-state index in [1.54, 1.807) is 6.20 Å². The second-order valence-electron chi connectivity index (χ2n) is 3.91. The Morgan fingerprint density at radius 2 is 2.29 bits per heavy atom. The van der Waals surface area contributed by atoms with E-state index in [1.165, 1.54) is 0 Å². The molecule has 2 rings (SSSR count). The summed E-state index contributed by atoms with van der Waals surface area (Å²) in [5, 5.41) is 0.774. The normalized spacial score (nSPS) is 10.5. The third-order valence-electron chi connectivity index (χ3n) is 2.52. The summed E-state index contributed by atoms with van der Waals surface area (Å²) >= 11 is 5.94. The second-order valence-corrected chi connectivity index (χ2v) is 4.32. The zero-order valence-corrected chi connectivity index (χ0v) is 10.5. The van der Waals surface area contributed by atoms with Gasteiger partial charge in [-0.2, -0.15) is 0 Å². The molecule has 0 radical (unpaired) electrons. The number of rotatable bonds is 5. The maximum absolute atomic E-state index is 5.94. The van der Waals surface area contributed by atoms with Crippen LogP contribution >= 0.6 is 11.6 Å². The molecule has 0 spiro atoms. The third-order valence-corrected chi connectivity index (χ3v) is 2.94. The molecule has 0 N–H and O–H groups in total. The third kappa shape index (κ3) is 3.49. The van der Waals surface area contributed by atoms with Crippen LogP contribution < -0.4 is 4.74 Å². The van der Waals surface area contributed by atoms with Crippen LogP contribution in [0.25, 0.3) is 0 Å². The van der Waals surface area contributed by atoms with Gasteiger partial charge in [-0.1, -0.05) is 11.6 Å². The number of nitrogens with zero attached hydrogens (tertiary/aromatic N) is 2. The Balaban J connectivity index is 1.76. The molecule has 3 nitrogen and oxygen atoms in total. The first-order valence-electron chi connectivity index (χ1n) is 5.60. The summed E-state index contributed by atoms with van der Waals surface area (Å²) in [5.74, 6) is 0.873. The summed E-state index contributed by atoms with van der Waals surface area (Å²) < 4.78 is 7.69. The van der Waals surface area contributed by atoms with E-state index in [-0.39, 0.29) is 0 Å². The van der Waals surface area contributed by atoms with Gasteiger partial charge in [-0.25, -0.2) is 4.98 Å². The lowest BCUT2D eigenvalue weighted by Gasteiger charge is -2.07. The van der Waals surface area contributed by atoms with Gasteiger partial charge in [0, 0.05) is 24.0 Å². The molecule has 0 saturated carbocycles. The molecule has 1 aromatic heterocycles. The molecular formula is C13H15ClN2O. The number of hydrogen-bond donors (Lipinski definition) is 0. The fourth-order valence-corrected chi connectivity index (χ4v) is 1.68. The van der Waals surface area contributed by atoms with E-state index in [0.717, 1.165) is 29.3 Å². The smallest absolute Gasteiger partial charge is 0.119 e. The number of aromatic nitrogens is 2.